The minimum absolute atomic E-state index is 0. The molecule has 0 fully saturated rings. The molecule has 3 N–H and O–H groups in total. The quantitative estimate of drug-likeness (QED) is 0.747. The molecule has 74 valence electrons. The zero-order chi connectivity index (χ0) is 6.81. The average Bonchev–Trinajstić information content (AvgIpc) is 2.05. The molecule has 2 rings (SSSR count). The van der Waals surface area contributed by atoms with E-state index in [9.17, 15) is 0 Å². The number of para-hydroxylation sites is 1. The zero-order valence-corrected chi connectivity index (χ0v) is 10.0. The molecule has 0 spiro atoms. The molecule has 0 aliphatic carbocycles. The van der Waals surface area contributed by atoms with E-state index in [0.717, 1.165) is 5.75 Å². The number of hydrogen-bond acceptors (Lipinski definition) is 2. The van der Waals surface area contributed by atoms with Crippen molar-refractivity contribution in [3.63, 3.8) is 0 Å². The third-order valence-electron chi connectivity index (χ3n) is 1.55. The van der Waals surface area contributed by atoms with Gasteiger partial charge in [0.25, 0.3) is 0 Å². The molecule has 2 nitrogen and oxygen atoms in total. The molecule has 0 aromatic heterocycles. The molecule has 0 radical (unpaired) electrons. The second-order valence-electron chi connectivity index (χ2n) is 2.25. The van der Waals surface area contributed by atoms with Crippen LogP contribution < -0.4 is 10.9 Å². The smallest absolute Gasteiger partial charge is 0.126 e. The van der Waals surface area contributed by atoms with Gasteiger partial charge in [0.1, 0.15) is 12.4 Å². The largest absolute Gasteiger partial charge is 0.489 e. The first-order valence-electron chi connectivity index (χ1n) is 3.35. The molecular formula is C9H11MoNNiO. The number of hydrogen-bond donors (Lipinski definition) is 1. The summed E-state index contributed by atoms with van der Waals surface area (Å²) in [4.78, 5) is 0. The molecule has 0 bridgehead atoms. The summed E-state index contributed by atoms with van der Waals surface area (Å²) >= 11 is 0. The Balaban J connectivity index is 0. The molecule has 4 heteroatoms. The third kappa shape index (κ3) is 3.64. The van der Waals surface area contributed by atoms with Crippen LogP contribution in [0.4, 0.5) is 0 Å². The van der Waals surface area contributed by atoms with Gasteiger partial charge in [-0.15, -0.1) is 0 Å². The Morgan fingerprint density at radius 3 is 2.54 bits per heavy atom. The van der Waals surface area contributed by atoms with E-state index in [1.165, 1.54) is 5.56 Å². The van der Waals surface area contributed by atoms with Crippen molar-refractivity contribution in [2.45, 2.75) is 0 Å². The number of benzene rings is 1. The van der Waals surface area contributed by atoms with Gasteiger partial charge in [0.05, 0.1) is 0 Å². The summed E-state index contributed by atoms with van der Waals surface area (Å²) in [5, 5.41) is 0. The van der Waals surface area contributed by atoms with E-state index in [2.05, 4.69) is 6.08 Å². The number of rotatable bonds is 0. The Bertz CT molecular complexity index is 278. The molecule has 0 atom stereocenters. The van der Waals surface area contributed by atoms with Crippen LogP contribution in [0, 0.1) is 0 Å². The molecule has 0 saturated carbocycles. The molecule has 0 amide bonds. The van der Waals surface area contributed by atoms with Crippen LogP contribution in [0.5, 0.6) is 5.75 Å². The van der Waals surface area contributed by atoms with Crippen LogP contribution in [0.3, 0.4) is 0 Å². The maximum absolute atomic E-state index is 5.34. The van der Waals surface area contributed by atoms with E-state index >= 15 is 0 Å². The van der Waals surface area contributed by atoms with Gasteiger partial charge in [-0.1, -0.05) is 24.3 Å². The predicted octanol–water partition coefficient (Wildman–Crippen LogP) is 2.25. The van der Waals surface area contributed by atoms with Crippen molar-refractivity contribution in [1.82, 2.24) is 6.15 Å². The van der Waals surface area contributed by atoms with Crippen molar-refractivity contribution >= 4 is 6.08 Å². The third-order valence-corrected chi connectivity index (χ3v) is 1.55. The first-order valence-corrected chi connectivity index (χ1v) is 3.35. The summed E-state index contributed by atoms with van der Waals surface area (Å²) in [6, 6.07) is 8.03. The first-order chi connectivity index (χ1) is 4.97. The van der Waals surface area contributed by atoms with Crippen LogP contribution in [0.1, 0.15) is 5.56 Å². The Kier molecular flexibility index (Phi) is 8.66. The SMILES string of the molecule is C1=Cc2ccccc2OC1.N.[Mo].[Ni]. The fourth-order valence-corrected chi connectivity index (χ4v) is 1.06. The molecule has 1 aliphatic rings. The van der Waals surface area contributed by atoms with Crippen molar-refractivity contribution in [3.8, 4) is 5.75 Å². The van der Waals surface area contributed by atoms with Crippen molar-refractivity contribution in [2.24, 2.45) is 0 Å². The van der Waals surface area contributed by atoms with E-state index in [0.29, 0.717) is 6.61 Å². The Labute approximate surface area is 103 Å². The summed E-state index contributed by atoms with van der Waals surface area (Å²) in [5.41, 5.74) is 1.17. The maximum atomic E-state index is 5.34. The van der Waals surface area contributed by atoms with E-state index < -0.39 is 0 Å². The molecule has 0 unspecified atom stereocenters. The summed E-state index contributed by atoms with van der Waals surface area (Å²) in [7, 11) is 0. The van der Waals surface area contributed by atoms with Gasteiger partial charge < -0.3 is 10.9 Å². The van der Waals surface area contributed by atoms with E-state index in [4.69, 9.17) is 4.74 Å². The van der Waals surface area contributed by atoms with Gasteiger partial charge in [-0.2, -0.15) is 0 Å². The van der Waals surface area contributed by atoms with E-state index in [1.807, 2.05) is 30.3 Å². The number of ether oxygens (including phenoxy) is 1. The van der Waals surface area contributed by atoms with Gasteiger partial charge in [-0.05, 0) is 12.1 Å². The Morgan fingerprint density at radius 1 is 1.15 bits per heavy atom. The Morgan fingerprint density at radius 2 is 1.85 bits per heavy atom. The summed E-state index contributed by atoms with van der Waals surface area (Å²) in [6.07, 6.45) is 4.10. The van der Waals surface area contributed by atoms with Gasteiger partial charge >= 0.3 is 0 Å². The van der Waals surface area contributed by atoms with E-state index in [-0.39, 0.29) is 43.7 Å². The predicted molar refractivity (Wildman–Crippen MR) is 46.0 cm³/mol. The van der Waals surface area contributed by atoms with Crippen LogP contribution in [0.2, 0.25) is 0 Å². The standard InChI is InChI=1S/C9H8O.Mo.H3N.Ni/c1-2-6-9-8(4-1)5-3-7-10-9;;;/h1-6H,7H2;;1H3;. The van der Waals surface area contributed by atoms with Crippen molar-refractivity contribution < 1.29 is 42.3 Å². The first kappa shape index (κ1) is 15.4. The normalized spacial score (nSPS) is 10.8. The molecule has 13 heavy (non-hydrogen) atoms. The van der Waals surface area contributed by atoms with Gasteiger partial charge in [0, 0.05) is 43.1 Å². The zero-order valence-electron chi connectivity index (χ0n) is 7.01. The van der Waals surface area contributed by atoms with Crippen LogP contribution in [0.15, 0.2) is 30.3 Å². The molecule has 0 saturated heterocycles. The fourth-order valence-electron chi connectivity index (χ4n) is 1.06. The summed E-state index contributed by atoms with van der Waals surface area (Å²) < 4.78 is 5.34. The molecule has 1 aliphatic heterocycles. The van der Waals surface area contributed by atoms with Gasteiger partial charge in [0.15, 0.2) is 0 Å². The van der Waals surface area contributed by atoms with Gasteiger partial charge in [-0.25, -0.2) is 0 Å². The summed E-state index contributed by atoms with van der Waals surface area (Å²) in [5.74, 6) is 0.991. The molecular weight excluding hydrogens is 293 g/mol. The van der Waals surface area contributed by atoms with Gasteiger partial charge in [-0.3, -0.25) is 0 Å². The average molecular weight is 304 g/mol. The fraction of sp³-hybridized carbons (Fsp3) is 0.111. The van der Waals surface area contributed by atoms with Crippen LogP contribution in [-0.2, 0) is 37.6 Å². The van der Waals surface area contributed by atoms with Crippen molar-refractivity contribution in [3.05, 3.63) is 35.9 Å². The molecule has 1 aromatic carbocycles. The second-order valence-corrected chi connectivity index (χ2v) is 2.25. The van der Waals surface area contributed by atoms with Gasteiger partial charge in [0.2, 0.25) is 0 Å². The van der Waals surface area contributed by atoms with Crippen LogP contribution in [0.25, 0.3) is 6.08 Å². The topological polar surface area (TPSA) is 44.2 Å². The molecule has 1 aromatic rings. The van der Waals surface area contributed by atoms with Crippen LogP contribution in [-0.4, -0.2) is 6.61 Å². The second kappa shape index (κ2) is 7.32. The minimum atomic E-state index is 0. The monoisotopic (exact) mass is 305 g/mol. The van der Waals surface area contributed by atoms with Crippen molar-refractivity contribution in [1.29, 1.82) is 0 Å². The summed E-state index contributed by atoms with van der Waals surface area (Å²) in [6.45, 7) is 0.705. The number of fused-ring (bicyclic) bond motifs is 1. The Hall–Kier alpha value is -0.0982. The van der Waals surface area contributed by atoms with Crippen LogP contribution >= 0.6 is 0 Å². The maximum Gasteiger partial charge on any atom is 0.126 e. The van der Waals surface area contributed by atoms with E-state index in [1.54, 1.807) is 0 Å². The molecule has 1 heterocycles. The van der Waals surface area contributed by atoms with Crippen molar-refractivity contribution in [2.75, 3.05) is 6.61 Å². The minimum Gasteiger partial charge on any atom is -0.489 e.